The highest BCUT2D eigenvalue weighted by molar-refractivity contribution is 5.71. The van der Waals surface area contributed by atoms with Crippen molar-refractivity contribution in [3.63, 3.8) is 0 Å². The average Bonchev–Trinajstić information content (AvgIpc) is 3.41. The first kappa shape index (κ1) is 71.8. The molecule has 0 saturated carbocycles. The van der Waals surface area contributed by atoms with Gasteiger partial charge in [0.15, 0.2) is 6.10 Å². The fourth-order valence-corrected chi connectivity index (χ4v) is 9.39. The van der Waals surface area contributed by atoms with Gasteiger partial charge in [-0.05, 0) is 70.6 Å². The monoisotopic (exact) mass is 1050 g/mol. The van der Waals surface area contributed by atoms with Gasteiger partial charge >= 0.3 is 17.9 Å². The van der Waals surface area contributed by atoms with Gasteiger partial charge in [-0.25, -0.2) is 0 Å². The second kappa shape index (κ2) is 63.4. The minimum Gasteiger partial charge on any atom is -0.462 e. The number of rotatable bonds is 59. The van der Waals surface area contributed by atoms with Crippen molar-refractivity contribution in [2.45, 2.75) is 335 Å². The molecule has 0 heterocycles. The molecule has 0 N–H and O–H groups in total. The van der Waals surface area contributed by atoms with E-state index in [4.69, 9.17) is 14.2 Å². The Labute approximate surface area is 465 Å². The van der Waals surface area contributed by atoms with Crippen LogP contribution in [0.5, 0.6) is 0 Å². The Morgan fingerprint density at radius 2 is 0.520 bits per heavy atom. The maximum Gasteiger partial charge on any atom is 0.306 e. The first-order valence-corrected chi connectivity index (χ1v) is 32.4. The zero-order chi connectivity index (χ0) is 54.3. The SMILES string of the molecule is CC/C=C\C/C=C\C/C=C\C/C=C\C/C=C\C/C=C\CCCCCCCCCCCCCCCCC(=O)OCC(COC(=O)CCCCCCCCCCCCC)OC(=O)CCCCCCCCCCCCCCC. The molecule has 0 radical (unpaired) electrons. The third kappa shape index (κ3) is 61.6. The van der Waals surface area contributed by atoms with Crippen LogP contribution in [0.25, 0.3) is 0 Å². The van der Waals surface area contributed by atoms with Crippen LogP contribution >= 0.6 is 0 Å². The summed E-state index contributed by atoms with van der Waals surface area (Å²) in [7, 11) is 0. The zero-order valence-corrected chi connectivity index (χ0v) is 49.8. The smallest absolute Gasteiger partial charge is 0.306 e. The molecule has 0 aromatic carbocycles. The van der Waals surface area contributed by atoms with Gasteiger partial charge in [0.2, 0.25) is 0 Å². The number of carbonyl (C=O) groups is 3. The molecule has 0 rings (SSSR count). The van der Waals surface area contributed by atoms with Gasteiger partial charge in [0.25, 0.3) is 0 Å². The number of ether oxygens (including phenoxy) is 3. The Hall–Kier alpha value is -3.15. The molecular formula is C69H122O6. The lowest BCUT2D eigenvalue weighted by molar-refractivity contribution is -0.167. The molecule has 0 aromatic heterocycles. The summed E-state index contributed by atoms with van der Waals surface area (Å²) in [5.74, 6) is -0.853. The average molecular weight is 1050 g/mol. The summed E-state index contributed by atoms with van der Waals surface area (Å²) < 4.78 is 16.9. The van der Waals surface area contributed by atoms with Crippen molar-refractivity contribution in [2.75, 3.05) is 13.2 Å². The van der Waals surface area contributed by atoms with E-state index >= 15 is 0 Å². The molecular weight excluding hydrogens is 925 g/mol. The van der Waals surface area contributed by atoms with Crippen molar-refractivity contribution < 1.29 is 28.6 Å². The van der Waals surface area contributed by atoms with E-state index in [9.17, 15) is 14.4 Å². The molecule has 0 amide bonds. The normalized spacial score (nSPS) is 12.5. The first-order chi connectivity index (χ1) is 37.0. The predicted octanol–water partition coefficient (Wildman–Crippen LogP) is 22.1. The molecule has 0 aliphatic heterocycles. The van der Waals surface area contributed by atoms with Crippen LogP contribution in [0, 0.1) is 0 Å². The lowest BCUT2D eigenvalue weighted by Gasteiger charge is -2.18. The number of unbranched alkanes of at least 4 members (excludes halogenated alkanes) is 36. The number of hydrogen-bond acceptors (Lipinski definition) is 6. The minimum atomic E-state index is -0.769. The van der Waals surface area contributed by atoms with Crippen molar-refractivity contribution >= 4 is 17.9 Å². The Bertz CT molecular complexity index is 1390. The standard InChI is InChI=1S/C69H122O6/c1-4-7-10-13-16-19-22-24-25-26-27-28-29-30-31-32-33-34-35-36-37-38-39-40-41-42-43-45-47-50-53-56-59-62-68(71)74-65-66(64-73-67(70)61-58-55-52-49-46-21-18-15-12-9-6-3)75-69(72)63-60-57-54-51-48-44-23-20-17-14-11-8-5-2/h7,10,16,19,24-25,27-28,30-31,33-34,66H,4-6,8-9,11-15,17-18,20-23,26,29,32,35-65H2,1-3H3/b10-7-,19-16-,25-24-,28-27-,31-30-,34-33-. The summed E-state index contributed by atoms with van der Waals surface area (Å²) in [4.78, 5) is 38.2. The molecule has 0 fully saturated rings. The van der Waals surface area contributed by atoms with Crippen LogP contribution in [-0.4, -0.2) is 37.2 Å². The zero-order valence-electron chi connectivity index (χ0n) is 49.8. The van der Waals surface area contributed by atoms with E-state index < -0.39 is 6.10 Å². The molecule has 0 spiro atoms. The van der Waals surface area contributed by atoms with Gasteiger partial charge in [0.05, 0.1) is 0 Å². The van der Waals surface area contributed by atoms with Gasteiger partial charge < -0.3 is 14.2 Å². The molecule has 6 nitrogen and oxygen atoms in total. The topological polar surface area (TPSA) is 78.9 Å². The van der Waals surface area contributed by atoms with E-state index in [2.05, 4.69) is 93.7 Å². The summed E-state index contributed by atoms with van der Waals surface area (Å²) in [6, 6.07) is 0. The van der Waals surface area contributed by atoms with E-state index in [0.29, 0.717) is 19.3 Å². The summed E-state index contributed by atoms with van der Waals surface area (Å²) in [5, 5.41) is 0. The Morgan fingerprint density at radius 1 is 0.280 bits per heavy atom. The van der Waals surface area contributed by atoms with Crippen LogP contribution in [0.4, 0.5) is 0 Å². The summed E-state index contributed by atoms with van der Waals surface area (Å²) in [6.07, 6.45) is 82.1. The van der Waals surface area contributed by atoms with Gasteiger partial charge in [0.1, 0.15) is 13.2 Å². The Morgan fingerprint density at radius 3 is 0.813 bits per heavy atom. The van der Waals surface area contributed by atoms with Crippen molar-refractivity contribution in [3.8, 4) is 0 Å². The van der Waals surface area contributed by atoms with E-state index in [1.165, 1.54) is 193 Å². The highest BCUT2D eigenvalue weighted by Gasteiger charge is 2.19. The number of esters is 3. The molecule has 0 aliphatic rings. The maximum absolute atomic E-state index is 12.8. The molecule has 0 aromatic rings. The van der Waals surface area contributed by atoms with E-state index in [-0.39, 0.29) is 31.1 Å². The minimum absolute atomic E-state index is 0.0686. The van der Waals surface area contributed by atoms with Crippen molar-refractivity contribution in [2.24, 2.45) is 0 Å². The first-order valence-electron chi connectivity index (χ1n) is 32.4. The van der Waals surface area contributed by atoms with E-state index in [0.717, 1.165) is 96.3 Å². The van der Waals surface area contributed by atoms with Gasteiger partial charge in [-0.3, -0.25) is 14.4 Å². The van der Waals surface area contributed by atoms with Crippen LogP contribution in [0.3, 0.4) is 0 Å². The Balaban J connectivity index is 4.09. The van der Waals surface area contributed by atoms with Crippen LogP contribution in [0.2, 0.25) is 0 Å². The molecule has 0 saturated heterocycles. The van der Waals surface area contributed by atoms with Crippen LogP contribution < -0.4 is 0 Å². The van der Waals surface area contributed by atoms with Crippen LogP contribution in [-0.2, 0) is 28.6 Å². The molecule has 0 aliphatic carbocycles. The highest BCUT2D eigenvalue weighted by atomic mass is 16.6. The summed E-state index contributed by atoms with van der Waals surface area (Å²) >= 11 is 0. The van der Waals surface area contributed by atoms with Crippen molar-refractivity contribution in [1.82, 2.24) is 0 Å². The lowest BCUT2D eigenvalue weighted by atomic mass is 10.0. The maximum atomic E-state index is 12.8. The lowest BCUT2D eigenvalue weighted by Crippen LogP contribution is -2.30. The fraction of sp³-hybridized carbons (Fsp3) is 0.783. The number of carbonyl (C=O) groups excluding carboxylic acids is 3. The van der Waals surface area contributed by atoms with Crippen LogP contribution in [0.1, 0.15) is 329 Å². The molecule has 75 heavy (non-hydrogen) atoms. The second-order valence-electron chi connectivity index (χ2n) is 21.7. The third-order valence-corrected chi connectivity index (χ3v) is 14.2. The Kier molecular flexibility index (Phi) is 60.7. The molecule has 1 unspecified atom stereocenters. The van der Waals surface area contributed by atoms with Crippen molar-refractivity contribution in [3.05, 3.63) is 72.9 Å². The van der Waals surface area contributed by atoms with Gasteiger partial charge in [-0.2, -0.15) is 0 Å². The third-order valence-electron chi connectivity index (χ3n) is 14.2. The van der Waals surface area contributed by atoms with Gasteiger partial charge in [-0.1, -0.05) is 312 Å². The molecule has 0 bridgehead atoms. The molecule has 6 heteroatoms. The second-order valence-corrected chi connectivity index (χ2v) is 21.7. The predicted molar refractivity (Wildman–Crippen MR) is 325 cm³/mol. The highest BCUT2D eigenvalue weighted by Crippen LogP contribution is 2.17. The number of hydrogen-bond donors (Lipinski definition) is 0. The summed E-state index contributed by atoms with van der Waals surface area (Å²) in [6.45, 7) is 6.55. The van der Waals surface area contributed by atoms with Gasteiger partial charge in [-0.15, -0.1) is 0 Å². The van der Waals surface area contributed by atoms with Crippen molar-refractivity contribution in [1.29, 1.82) is 0 Å². The fourth-order valence-electron chi connectivity index (χ4n) is 9.39. The number of allylic oxidation sites excluding steroid dienone is 12. The van der Waals surface area contributed by atoms with E-state index in [1.807, 2.05) is 0 Å². The quantitative estimate of drug-likeness (QED) is 0.0261. The largest absolute Gasteiger partial charge is 0.462 e. The molecule has 1 atom stereocenters. The van der Waals surface area contributed by atoms with Crippen LogP contribution in [0.15, 0.2) is 72.9 Å². The summed E-state index contributed by atoms with van der Waals surface area (Å²) in [5.41, 5.74) is 0. The van der Waals surface area contributed by atoms with E-state index in [1.54, 1.807) is 0 Å². The molecule has 434 valence electrons. The van der Waals surface area contributed by atoms with Gasteiger partial charge in [0, 0.05) is 19.3 Å².